The van der Waals surface area contributed by atoms with Gasteiger partial charge in [0.2, 0.25) is 0 Å². The van der Waals surface area contributed by atoms with Crippen molar-refractivity contribution in [2.24, 2.45) is 0 Å². The van der Waals surface area contributed by atoms with E-state index >= 15 is 0 Å². The predicted octanol–water partition coefficient (Wildman–Crippen LogP) is 20.3. The molecule has 0 aromatic heterocycles. The van der Waals surface area contributed by atoms with Gasteiger partial charge in [0.15, 0.2) is 6.10 Å². The highest BCUT2D eigenvalue weighted by Crippen LogP contribution is 2.17. The van der Waals surface area contributed by atoms with Gasteiger partial charge in [0, 0.05) is 19.3 Å². The van der Waals surface area contributed by atoms with Crippen LogP contribution in [-0.4, -0.2) is 37.2 Å². The number of carbonyl (C=O) groups excluding carboxylic acids is 3. The largest absolute Gasteiger partial charge is 0.462 e. The Balaban J connectivity index is 4.30. The Morgan fingerprint density at radius 1 is 0.279 bits per heavy atom. The van der Waals surface area contributed by atoms with Gasteiger partial charge in [-0.2, -0.15) is 0 Å². The van der Waals surface area contributed by atoms with Crippen LogP contribution in [0.15, 0.2) is 24.3 Å². The molecule has 0 aliphatic carbocycles. The molecule has 0 N–H and O–H groups in total. The van der Waals surface area contributed by atoms with Crippen LogP contribution in [0.2, 0.25) is 0 Å². The maximum absolute atomic E-state index is 12.9. The molecule has 0 saturated carbocycles. The van der Waals surface area contributed by atoms with Crippen LogP contribution < -0.4 is 0 Å². The van der Waals surface area contributed by atoms with Gasteiger partial charge in [-0.05, 0) is 70.6 Å². The maximum Gasteiger partial charge on any atom is 0.306 e. The van der Waals surface area contributed by atoms with E-state index in [2.05, 4.69) is 45.1 Å². The summed E-state index contributed by atoms with van der Waals surface area (Å²) in [5.41, 5.74) is 0. The van der Waals surface area contributed by atoms with Crippen molar-refractivity contribution in [3.8, 4) is 0 Å². The van der Waals surface area contributed by atoms with E-state index in [1.54, 1.807) is 0 Å². The van der Waals surface area contributed by atoms with Crippen LogP contribution in [0.5, 0.6) is 0 Å². The zero-order chi connectivity index (χ0) is 49.3. The van der Waals surface area contributed by atoms with Crippen molar-refractivity contribution in [3.05, 3.63) is 24.3 Å². The zero-order valence-electron chi connectivity index (χ0n) is 45.9. The van der Waals surface area contributed by atoms with Crippen LogP contribution in [0.25, 0.3) is 0 Å². The summed E-state index contributed by atoms with van der Waals surface area (Å²) in [4.78, 5) is 38.2. The highest BCUT2D eigenvalue weighted by atomic mass is 16.6. The second-order valence-electron chi connectivity index (χ2n) is 20.6. The Morgan fingerprint density at radius 3 is 0.750 bits per heavy atom. The molecule has 400 valence electrons. The summed E-state index contributed by atoms with van der Waals surface area (Å²) in [5.74, 6) is -0.858. The van der Waals surface area contributed by atoms with Gasteiger partial charge in [0.05, 0.1) is 0 Å². The Hall–Kier alpha value is -2.11. The van der Waals surface area contributed by atoms with Gasteiger partial charge in [0.1, 0.15) is 13.2 Å². The monoisotopic (exact) mass is 957 g/mol. The molecule has 0 amide bonds. The summed E-state index contributed by atoms with van der Waals surface area (Å²) in [6, 6.07) is 0. The molecule has 0 bridgehead atoms. The Morgan fingerprint density at radius 2 is 0.485 bits per heavy atom. The van der Waals surface area contributed by atoms with Crippen LogP contribution in [0, 0.1) is 0 Å². The smallest absolute Gasteiger partial charge is 0.306 e. The van der Waals surface area contributed by atoms with Crippen LogP contribution in [-0.2, 0) is 28.6 Å². The molecular formula is C62H116O6. The second-order valence-corrected chi connectivity index (χ2v) is 20.6. The molecule has 0 saturated heterocycles. The van der Waals surface area contributed by atoms with Crippen molar-refractivity contribution >= 4 is 17.9 Å². The highest BCUT2D eigenvalue weighted by Gasteiger charge is 2.19. The number of rotatable bonds is 56. The third-order valence-electron chi connectivity index (χ3n) is 13.7. The quantitative estimate of drug-likeness (QED) is 0.0262. The molecule has 6 heteroatoms. The number of carbonyl (C=O) groups is 3. The summed E-state index contributed by atoms with van der Waals surface area (Å²) in [6.07, 6.45) is 67.4. The van der Waals surface area contributed by atoms with Gasteiger partial charge >= 0.3 is 17.9 Å². The van der Waals surface area contributed by atoms with Crippen molar-refractivity contribution in [2.75, 3.05) is 13.2 Å². The lowest BCUT2D eigenvalue weighted by atomic mass is 10.0. The lowest BCUT2D eigenvalue weighted by Gasteiger charge is -2.18. The van der Waals surface area contributed by atoms with E-state index in [-0.39, 0.29) is 31.1 Å². The second kappa shape index (κ2) is 57.5. The lowest BCUT2D eigenvalue weighted by molar-refractivity contribution is -0.167. The molecule has 0 rings (SSSR count). The number of unbranched alkanes of at least 4 members (excludes halogenated alkanes) is 41. The fourth-order valence-electron chi connectivity index (χ4n) is 9.08. The summed E-state index contributed by atoms with van der Waals surface area (Å²) in [6.45, 7) is 6.67. The van der Waals surface area contributed by atoms with Gasteiger partial charge in [-0.15, -0.1) is 0 Å². The molecule has 1 unspecified atom stereocenters. The molecule has 0 spiro atoms. The molecule has 1 atom stereocenters. The molecule has 0 heterocycles. The summed E-state index contributed by atoms with van der Waals surface area (Å²) >= 11 is 0. The van der Waals surface area contributed by atoms with Gasteiger partial charge < -0.3 is 14.2 Å². The normalized spacial score (nSPS) is 12.1. The van der Waals surface area contributed by atoms with E-state index in [0.29, 0.717) is 19.3 Å². The van der Waals surface area contributed by atoms with E-state index in [1.807, 2.05) is 0 Å². The number of allylic oxidation sites excluding steroid dienone is 4. The zero-order valence-corrected chi connectivity index (χ0v) is 45.9. The standard InChI is InChI=1S/C62H116O6/c1-4-7-10-13-16-19-22-25-27-29-31-33-34-37-40-43-46-49-52-55-61(64)67-58-59(57-66-60(63)54-51-48-45-42-39-36-24-21-18-15-12-9-6-3)68-62(65)56-53-50-47-44-41-38-35-32-30-28-26-23-20-17-14-11-8-5-2/h21,24-25,27,59H,4-20,22-23,26,28-58H2,1-3H3/b24-21-,27-25-. The van der Waals surface area contributed by atoms with Gasteiger partial charge in [-0.25, -0.2) is 0 Å². The minimum atomic E-state index is -0.772. The molecular weight excluding hydrogens is 841 g/mol. The summed E-state index contributed by atoms with van der Waals surface area (Å²) in [7, 11) is 0. The van der Waals surface area contributed by atoms with E-state index in [9.17, 15) is 14.4 Å². The van der Waals surface area contributed by atoms with Crippen molar-refractivity contribution in [1.29, 1.82) is 0 Å². The fourth-order valence-corrected chi connectivity index (χ4v) is 9.08. The van der Waals surface area contributed by atoms with Crippen molar-refractivity contribution in [1.82, 2.24) is 0 Å². The molecule has 0 aliphatic rings. The van der Waals surface area contributed by atoms with Crippen molar-refractivity contribution in [2.45, 2.75) is 341 Å². The number of hydrogen-bond acceptors (Lipinski definition) is 6. The third kappa shape index (κ3) is 54.8. The third-order valence-corrected chi connectivity index (χ3v) is 13.7. The average Bonchev–Trinajstić information content (AvgIpc) is 3.34. The average molecular weight is 958 g/mol. The van der Waals surface area contributed by atoms with Gasteiger partial charge in [-0.3, -0.25) is 14.4 Å². The topological polar surface area (TPSA) is 78.9 Å². The number of ether oxygens (including phenoxy) is 3. The van der Waals surface area contributed by atoms with Crippen LogP contribution in [0.1, 0.15) is 335 Å². The molecule has 6 nitrogen and oxygen atoms in total. The minimum Gasteiger partial charge on any atom is -0.462 e. The fraction of sp³-hybridized carbons (Fsp3) is 0.887. The summed E-state index contributed by atoms with van der Waals surface area (Å²) < 4.78 is 16.9. The van der Waals surface area contributed by atoms with E-state index in [4.69, 9.17) is 14.2 Å². The first-order valence-corrected chi connectivity index (χ1v) is 30.3. The Kier molecular flexibility index (Phi) is 55.7. The lowest BCUT2D eigenvalue weighted by Crippen LogP contribution is -2.30. The van der Waals surface area contributed by atoms with Crippen molar-refractivity contribution in [3.63, 3.8) is 0 Å². The predicted molar refractivity (Wildman–Crippen MR) is 293 cm³/mol. The van der Waals surface area contributed by atoms with Crippen LogP contribution in [0.3, 0.4) is 0 Å². The molecule has 0 radical (unpaired) electrons. The van der Waals surface area contributed by atoms with Crippen LogP contribution >= 0.6 is 0 Å². The maximum atomic E-state index is 12.9. The van der Waals surface area contributed by atoms with Gasteiger partial charge in [0.25, 0.3) is 0 Å². The molecule has 0 aliphatic heterocycles. The number of hydrogen-bond donors (Lipinski definition) is 0. The molecule has 0 fully saturated rings. The van der Waals surface area contributed by atoms with E-state index in [0.717, 1.165) is 64.2 Å². The Bertz CT molecular complexity index is 1100. The van der Waals surface area contributed by atoms with Crippen molar-refractivity contribution < 1.29 is 28.6 Å². The first kappa shape index (κ1) is 65.9. The number of esters is 3. The molecule has 0 aromatic carbocycles. The Labute approximate surface area is 423 Å². The highest BCUT2D eigenvalue weighted by molar-refractivity contribution is 5.71. The minimum absolute atomic E-state index is 0.0704. The van der Waals surface area contributed by atoms with Gasteiger partial charge in [-0.1, -0.05) is 270 Å². The van der Waals surface area contributed by atoms with Crippen LogP contribution in [0.4, 0.5) is 0 Å². The SMILES string of the molecule is CCCCCC/C=C\CCCCCCCC(=O)OCC(COC(=O)CCCCCCCCCCC/C=C\CCCCCCCC)OC(=O)CCCCCCCCCCCCCCCCCCCC. The first-order valence-electron chi connectivity index (χ1n) is 30.3. The van der Waals surface area contributed by atoms with E-state index in [1.165, 1.54) is 231 Å². The summed E-state index contributed by atoms with van der Waals surface area (Å²) in [5, 5.41) is 0. The molecule has 68 heavy (non-hydrogen) atoms. The van der Waals surface area contributed by atoms with E-state index < -0.39 is 6.10 Å². The molecule has 0 aromatic rings. The first-order chi connectivity index (χ1) is 33.5.